The van der Waals surface area contributed by atoms with Crippen molar-refractivity contribution in [2.24, 2.45) is 0 Å². The first-order valence-corrected chi connectivity index (χ1v) is 10.3. The molecule has 1 saturated heterocycles. The molecule has 0 aromatic heterocycles. The smallest absolute Gasteiger partial charge is 0.243 e. The van der Waals surface area contributed by atoms with Crippen LogP contribution in [0.3, 0.4) is 0 Å². The standard InChI is InChI=1S/C18H18BrNO5S/c19-15-3-1-2-14(12-15)18(21)13-25-16-4-6-17(7-5-16)26(22,23)20-8-10-24-11-9-20/h1-7,12H,8-11,13H2. The monoisotopic (exact) mass is 439 g/mol. The minimum atomic E-state index is -3.53. The Labute approximate surface area is 160 Å². The van der Waals surface area contributed by atoms with Gasteiger partial charge < -0.3 is 9.47 Å². The lowest BCUT2D eigenvalue weighted by Gasteiger charge is -2.26. The third-order valence-electron chi connectivity index (χ3n) is 3.95. The largest absolute Gasteiger partial charge is 0.485 e. The number of carbonyl (C=O) groups is 1. The number of Topliss-reactive ketones (excluding diaryl/α,β-unsaturated/α-hetero) is 1. The predicted molar refractivity (Wildman–Crippen MR) is 100.0 cm³/mol. The number of hydrogen-bond donors (Lipinski definition) is 0. The number of hydrogen-bond acceptors (Lipinski definition) is 5. The molecule has 3 rings (SSSR count). The Kier molecular flexibility index (Phi) is 6.08. The highest BCUT2D eigenvalue weighted by Crippen LogP contribution is 2.21. The van der Waals surface area contributed by atoms with Gasteiger partial charge in [-0.3, -0.25) is 4.79 Å². The number of halogens is 1. The number of sulfonamides is 1. The topological polar surface area (TPSA) is 72.9 Å². The second-order valence-corrected chi connectivity index (χ2v) is 8.56. The summed E-state index contributed by atoms with van der Waals surface area (Å²) in [6, 6.07) is 13.2. The Hall–Kier alpha value is -1.74. The van der Waals surface area contributed by atoms with Crippen LogP contribution in [0.4, 0.5) is 0 Å². The van der Waals surface area contributed by atoms with E-state index in [0.717, 1.165) is 4.47 Å². The van der Waals surface area contributed by atoms with Crippen molar-refractivity contribution in [3.05, 3.63) is 58.6 Å². The third-order valence-corrected chi connectivity index (χ3v) is 6.35. The summed E-state index contributed by atoms with van der Waals surface area (Å²) in [5.74, 6) is 0.283. The lowest BCUT2D eigenvalue weighted by atomic mass is 10.1. The van der Waals surface area contributed by atoms with E-state index < -0.39 is 10.0 Å². The Balaban J connectivity index is 1.63. The van der Waals surface area contributed by atoms with Crippen molar-refractivity contribution < 1.29 is 22.7 Å². The van der Waals surface area contributed by atoms with Crippen LogP contribution < -0.4 is 4.74 Å². The fraction of sp³-hybridized carbons (Fsp3) is 0.278. The van der Waals surface area contributed by atoms with E-state index in [-0.39, 0.29) is 17.3 Å². The molecule has 8 heteroatoms. The molecule has 1 fully saturated rings. The summed E-state index contributed by atoms with van der Waals surface area (Å²) in [5, 5.41) is 0. The zero-order valence-electron chi connectivity index (χ0n) is 13.9. The number of nitrogens with zero attached hydrogens (tertiary/aromatic N) is 1. The average Bonchev–Trinajstić information content (AvgIpc) is 2.67. The zero-order valence-corrected chi connectivity index (χ0v) is 16.3. The molecule has 0 amide bonds. The molecule has 138 valence electrons. The molecule has 1 heterocycles. The Morgan fingerprint density at radius 2 is 1.81 bits per heavy atom. The summed E-state index contributed by atoms with van der Waals surface area (Å²) in [5.41, 5.74) is 0.547. The lowest BCUT2D eigenvalue weighted by molar-refractivity contribution is 0.0730. The summed E-state index contributed by atoms with van der Waals surface area (Å²) >= 11 is 3.32. The van der Waals surface area contributed by atoms with Crippen molar-refractivity contribution >= 4 is 31.7 Å². The SMILES string of the molecule is O=C(COc1ccc(S(=O)(=O)N2CCOCC2)cc1)c1cccc(Br)c1. The minimum absolute atomic E-state index is 0.119. The molecule has 0 saturated carbocycles. The molecule has 26 heavy (non-hydrogen) atoms. The molecule has 1 aliphatic heterocycles. The molecule has 0 N–H and O–H groups in total. The van der Waals surface area contributed by atoms with E-state index in [1.807, 2.05) is 6.07 Å². The maximum atomic E-state index is 12.6. The normalized spacial score (nSPS) is 15.6. The summed E-state index contributed by atoms with van der Waals surface area (Å²) in [7, 11) is -3.53. The first-order chi connectivity index (χ1) is 12.5. The molecule has 0 spiro atoms. The van der Waals surface area contributed by atoms with Crippen molar-refractivity contribution in [3.8, 4) is 5.75 Å². The van der Waals surface area contributed by atoms with Gasteiger partial charge in [-0.1, -0.05) is 28.1 Å². The van der Waals surface area contributed by atoms with Crippen LogP contribution in [0.2, 0.25) is 0 Å². The van der Waals surface area contributed by atoms with Crippen LogP contribution in [0, 0.1) is 0 Å². The van der Waals surface area contributed by atoms with Crippen LogP contribution >= 0.6 is 15.9 Å². The highest BCUT2D eigenvalue weighted by atomic mass is 79.9. The highest BCUT2D eigenvalue weighted by Gasteiger charge is 2.26. The van der Waals surface area contributed by atoms with Crippen molar-refractivity contribution in [2.45, 2.75) is 4.90 Å². The number of ether oxygens (including phenoxy) is 2. The summed E-state index contributed by atoms with van der Waals surface area (Å²) in [6.07, 6.45) is 0. The van der Waals surface area contributed by atoms with Gasteiger partial charge in [0.05, 0.1) is 18.1 Å². The van der Waals surface area contributed by atoms with Crippen LogP contribution in [-0.4, -0.2) is 51.4 Å². The quantitative estimate of drug-likeness (QED) is 0.646. The number of morpholine rings is 1. The average molecular weight is 440 g/mol. The van der Waals surface area contributed by atoms with Gasteiger partial charge >= 0.3 is 0 Å². The number of benzene rings is 2. The lowest BCUT2D eigenvalue weighted by Crippen LogP contribution is -2.40. The van der Waals surface area contributed by atoms with E-state index in [2.05, 4.69) is 15.9 Å². The van der Waals surface area contributed by atoms with Gasteiger partial charge in [0.25, 0.3) is 0 Å². The predicted octanol–water partition coefficient (Wildman–Crippen LogP) is 2.73. The van der Waals surface area contributed by atoms with Crippen molar-refractivity contribution in [2.75, 3.05) is 32.9 Å². The molecule has 1 aliphatic rings. The second kappa shape index (κ2) is 8.30. The molecule has 0 radical (unpaired) electrons. The van der Waals surface area contributed by atoms with E-state index in [0.29, 0.717) is 37.6 Å². The molecular formula is C18H18BrNO5S. The van der Waals surface area contributed by atoms with Crippen molar-refractivity contribution in [1.29, 1.82) is 0 Å². The van der Waals surface area contributed by atoms with Crippen molar-refractivity contribution in [1.82, 2.24) is 4.31 Å². The molecule has 2 aromatic carbocycles. The summed E-state index contributed by atoms with van der Waals surface area (Å²) in [4.78, 5) is 12.3. The molecular weight excluding hydrogens is 422 g/mol. The van der Waals surface area contributed by atoms with Gasteiger partial charge in [0, 0.05) is 23.1 Å². The Bertz CT molecular complexity index is 877. The number of ketones is 1. The van der Waals surface area contributed by atoms with Gasteiger partial charge in [-0.25, -0.2) is 8.42 Å². The third kappa shape index (κ3) is 4.50. The highest BCUT2D eigenvalue weighted by molar-refractivity contribution is 9.10. The van der Waals surface area contributed by atoms with Crippen LogP contribution in [-0.2, 0) is 14.8 Å². The molecule has 0 bridgehead atoms. The molecule has 0 aliphatic carbocycles. The van der Waals surface area contributed by atoms with Crippen LogP contribution in [0.15, 0.2) is 57.9 Å². The Morgan fingerprint density at radius 1 is 1.12 bits per heavy atom. The molecule has 0 atom stereocenters. The van der Waals surface area contributed by atoms with Gasteiger partial charge in [0.1, 0.15) is 5.75 Å². The summed E-state index contributed by atoms with van der Waals surface area (Å²) in [6.45, 7) is 1.38. The van der Waals surface area contributed by atoms with Gasteiger partial charge in [-0.15, -0.1) is 0 Å². The van der Waals surface area contributed by atoms with Gasteiger partial charge in [-0.05, 0) is 36.4 Å². The fourth-order valence-corrected chi connectivity index (χ4v) is 4.35. The molecule has 0 unspecified atom stereocenters. The molecule has 6 nitrogen and oxygen atoms in total. The number of rotatable bonds is 6. The van der Waals surface area contributed by atoms with E-state index in [1.54, 1.807) is 30.3 Å². The van der Waals surface area contributed by atoms with E-state index in [1.165, 1.54) is 16.4 Å². The first-order valence-electron chi connectivity index (χ1n) is 8.06. The van der Waals surface area contributed by atoms with Crippen molar-refractivity contribution in [3.63, 3.8) is 0 Å². The van der Waals surface area contributed by atoms with Gasteiger partial charge in [0.2, 0.25) is 10.0 Å². The Morgan fingerprint density at radius 3 is 2.46 bits per heavy atom. The van der Waals surface area contributed by atoms with Crippen LogP contribution in [0.25, 0.3) is 0 Å². The van der Waals surface area contributed by atoms with E-state index >= 15 is 0 Å². The zero-order chi connectivity index (χ0) is 18.6. The second-order valence-electron chi connectivity index (χ2n) is 5.71. The fourth-order valence-electron chi connectivity index (χ4n) is 2.54. The van der Waals surface area contributed by atoms with E-state index in [4.69, 9.17) is 9.47 Å². The maximum Gasteiger partial charge on any atom is 0.243 e. The minimum Gasteiger partial charge on any atom is -0.485 e. The molecule has 2 aromatic rings. The summed E-state index contributed by atoms with van der Waals surface area (Å²) < 4.78 is 38.0. The first kappa shape index (κ1) is 19.0. The van der Waals surface area contributed by atoms with Crippen LogP contribution in [0.5, 0.6) is 5.75 Å². The van der Waals surface area contributed by atoms with E-state index in [9.17, 15) is 13.2 Å². The van der Waals surface area contributed by atoms with Gasteiger partial charge in [-0.2, -0.15) is 4.31 Å². The number of carbonyl (C=O) groups excluding carboxylic acids is 1. The van der Waals surface area contributed by atoms with Crippen LogP contribution in [0.1, 0.15) is 10.4 Å². The maximum absolute atomic E-state index is 12.6. The van der Waals surface area contributed by atoms with Gasteiger partial charge in [0.15, 0.2) is 12.4 Å².